The molecule has 0 spiro atoms. The first-order valence-electron chi connectivity index (χ1n) is 5.87. The van der Waals surface area contributed by atoms with Crippen LogP contribution < -0.4 is 0 Å². The summed E-state index contributed by atoms with van der Waals surface area (Å²) < 4.78 is 0. The summed E-state index contributed by atoms with van der Waals surface area (Å²) in [6.07, 6.45) is 5.98. The highest BCUT2D eigenvalue weighted by Gasteiger charge is 2.45. The van der Waals surface area contributed by atoms with Crippen LogP contribution in [-0.2, 0) is 10.2 Å². The van der Waals surface area contributed by atoms with Crippen LogP contribution in [0, 0.1) is 0 Å². The van der Waals surface area contributed by atoms with Crippen molar-refractivity contribution in [2.75, 3.05) is 0 Å². The first-order chi connectivity index (χ1) is 7.71. The van der Waals surface area contributed by atoms with Crippen LogP contribution in [0.15, 0.2) is 5.51 Å². The quantitative estimate of drug-likeness (QED) is 0.876. The number of thiazole rings is 1. The molecule has 0 saturated heterocycles. The zero-order chi connectivity index (χ0) is 11.2. The number of aliphatic carboxylic acids is 1. The van der Waals surface area contributed by atoms with Crippen LogP contribution in [0.2, 0.25) is 0 Å². The molecule has 1 heterocycles. The molecule has 86 valence electrons. The summed E-state index contributed by atoms with van der Waals surface area (Å²) >= 11 is 1.67. The van der Waals surface area contributed by atoms with E-state index in [0.29, 0.717) is 5.92 Å². The average molecular weight is 237 g/mol. The lowest BCUT2D eigenvalue weighted by atomic mass is 9.65. The fraction of sp³-hybridized carbons (Fsp3) is 0.667. The maximum Gasteiger partial charge on any atom is 0.304 e. The van der Waals surface area contributed by atoms with Crippen molar-refractivity contribution >= 4 is 17.3 Å². The third-order valence-corrected chi connectivity index (χ3v) is 4.93. The molecule has 2 aliphatic rings. The molecule has 3 nitrogen and oxygen atoms in total. The molecule has 1 aromatic rings. The lowest BCUT2D eigenvalue weighted by Gasteiger charge is -2.40. The van der Waals surface area contributed by atoms with Gasteiger partial charge in [-0.2, -0.15) is 0 Å². The van der Waals surface area contributed by atoms with E-state index in [1.54, 1.807) is 11.3 Å². The summed E-state index contributed by atoms with van der Waals surface area (Å²) in [6, 6.07) is 0. The normalized spacial score (nSPS) is 22.8. The van der Waals surface area contributed by atoms with E-state index in [2.05, 4.69) is 4.98 Å². The predicted molar refractivity (Wildman–Crippen MR) is 61.9 cm³/mol. The van der Waals surface area contributed by atoms with E-state index in [1.807, 2.05) is 5.51 Å². The monoisotopic (exact) mass is 237 g/mol. The Balaban J connectivity index is 1.93. The number of carboxylic acid groups (broad SMARTS) is 1. The zero-order valence-electron chi connectivity index (χ0n) is 9.11. The van der Waals surface area contributed by atoms with E-state index in [4.69, 9.17) is 5.11 Å². The SMILES string of the molecule is O=C(O)CC1(c2scnc2C2CC2)CCC1. The van der Waals surface area contributed by atoms with Crippen molar-refractivity contribution in [3.8, 4) is 0 Å². The second kappa shape index (κ2) is 3.55. The summed E-state index contributed by atoms with van der Waals surface area (Å²) in [4.78, 5) is 16.7. The van der Waals surface area contributed by atoms with Crippen LogP contribution >= 0.6 is 11.3 Å². The van der Waals surface area contributed by atoms with Gasteiger partial charge in [-0.25, -0.2) is 4.98 Å². The van der Waals surface area contributed by atoms with Gasteiger partial charge in [0, 0.05) is 16.2 Å². The molecule has 2 saturated carbocycles. The molecule has 0 aromatic carbocycles. The molecule has 2 aliphatic carbocycles. The molecular weight excluding hydrogens is 222 g/mol. The van der Waals surface area contributed by atoms with Crippen molar-refractivity contribution in [2.24, 2.45) is 0 Å². The van der Waals surface area contributed by atoms with Gasteiger partial charge in [0.05, 0.1) is 17.6 Å². The van der Waals surface area contributed by atoms with E-state index in [0.717, 1.165) is 19.3 Å². The highest BCUT2D eigenvalue weighted by molar-refractivity contribution is 7.10. The lowest BCUT2D eigenvalue weighted by Crippen LogP contribution is -2.36. The number of carboxylic acids is 1. The number of hydrogen-bond donors (Lipinski definition) is 1. The molecule has 1 aromatic heterocycles. The third kappa shape index (κ3) is 1.56. The number of rotatable bonds is 4. The Labute approximate surface area is 98.5 Å². The van der Waals surface area contributed by atoms with Crippen LogP contribution in [0.25, 0.3) is 0 Å². The van der Waals surface area contributed by atoms with Gasteiger partial charge in [0.1, 0.15) is 0 Å². The number of carbonyl (C=O) groups is 1. The summed E-state index contributed by atoms with van der Waals surface area (Å²) in [5, 5.41) is 9.04. The summed E-state index contributed by atoms with van der Waals surface area (Å²) in [7, 11) is 0. The molecule has 0 radical (unpaired) electrons. The smallest absolute Gasteiger partial charge is 0.304 e. The van der Waals surface area contributed by atoms with Gasteiger partial charge in [-0.1, -0.05) is 6.42 Å². The predicted octanol–water partition coefficient (Wildman–Crippen LogP) is 2.92. The summed E-state index contributed by atoms with van der Waals surface area (Å²) in [6.45, 7) is 0. The molecule has 1 N–H and O–H groups in total. The second-order valence-corrected chi connectivity index (χ2v) is 5.90. The van der Waals surface area contributed by atoms with Gasteiger partial charge in [0.25, 0.3) is 0 Å². The Kier molecular flexibility index (Phi) is 2.28. The molecule has 0 amide bonds. The Hall–Kier alpha value is -0.900. The van der Waals surface area contributed by atoms with Gasteiger partial charge >= 0.3 is 5.97 Å². The molecule has 3 rings (SSSR count). The first-order valence-corrected chi connectivity index (χ1v) is 6.75. The maximum absolute atomic E-state index is 11.0. The average Bonchev–Trinajstić information content (AvgIpc) is 2.91. The summed E-state index contributed by atoms with van der Waals surface area (Å²) in [5.74, 6) is -0.0395. The van der Waals surface area contributed by atoms with E-state index >= 15 is 0 Å². The van der Waals surface area contributed by atoms with Crippen molar-refractivity contribution in [3.05, 3.63) is 16.1 Å². The standard InChI is InChI=1S/C12H15NO2S/c14-9(15)6-12(4-1-5-12)11-10(8-2-3-8)13-7-16-11/h7-8H,1-6H2,(H,14,15). The molecule has 0 bridgehead atoms. The molecule has 2 fully saturated rings. The van der Waals surface area contributed by atoms with E-state index in [-0.39, 0.29) is 11.8 Å². The van der Waals surface area contributed by atoms with Crippen LogP contribution in [0.1, 0.15) is 55.0 Å². The van der Waals surface area contributed by atoms with Crippen molar-refractivity contribution in [1.29, 1.82) is 0 Å². The van der Waals surface area contributed by atoms with Crippen molar-refractivity contribution in [3.63, 3.8) is 0 Å². The van der Waals surface area contributed by atoms with Crippen LogP contribution in [-0.4, -0.2) is 16.1 Å². The van der Waals surface area contributed by atoms with Crippen molar-refractivity contribution in [2.45, 2.75) is 49.9 Å². The molecule has 0 unspecified atom stereocenters. The van der Waals surface area contributed by atoms with Crippen LogP contribution in [0.4, 0.5) is 0 Å². The summed E-state index contributed by atoms with van der Waals surface area (Å²) in [5.41, 5.74) is 3.04. The Morgan fingerprint density at radius 2 is 2.31 bits per heavy atom. The number of nitrogens with zero attached hydrogens (tertiary/aromatic N) is 1. The minimum absolute atomic E-state index is 0.0646. The van der Waals surface area contributed by atoms with Crippen molar-refractivity contribution in [1.82, 2.24) is 4.98 Å². The largest absolute Gasteiger partial charge is 0.481 e. The van der Waals surface area contributed by atoms with Gasteiger partial charge in [0.15, 0.2) is 0 Å². The van der Waals surface area contributed by atoms with E-state index < -0.39 is 5.97 Å². The third-order valence-electron chi connectivity index (χ3n) is 3.84. The zero-order valence-corrected chi connectivity index (χ0v) is 9.92. The maximum atomic E-state index is 11.0. The van der Waals surface area contributed by atoms with Gasteiger partial charge in [0.2, 0.25) is 0 Å². The first kappa shape index (κ1) is 10.3. The Morgan fingerprint density at radius 3 is 2.81 bits per heavy atom. The molecule has 0 atom stereocenters. The van der Waals surface area contributed by atoms with Crippen molar-refractivity contribution < 1.29 is 9.90 Å². The lowest BCUT2D eigenvalue weighted by molar-refractivity contribution is -0.139. The fourth-order valence-corrected chi connectivity index (χ4v) is 3.81. The highest BCUT2D eigenvalue weighted by atomic mass is 32.1. The number of aromatic nitrogens is 1. The minimum Gasteiger partial charge on any atom is -0.481 e. The van der Waals surface area contributed by atoms with Gasteiger partial charge in [-0.05, 0) is 25.7 Å². The highest BCUT2D eigenvalue weighted by Crippen LogP contribution is 2.53. The van der Waals surface area contributed by atoms with Crippen LogP contribution in [0.5, 0.6) is 0 Å². The minimum atomic E-state index is -0.671. The fourth-order valence-electron chi connectivity index (χ4n) is 2.68. The molecule has 16 heavy (non-hydrogen) atoms. The van der Waals surface area contributed by atoms with E-state index in [9.17, 15) is 4.79 Å². The van der Waals surface area contributed by atoms with Gasteiger partial charge in [-0.15, -0.1) is 11.3 Å². The van der Waals surface area contributed by atoms with Gasteiger partial charge < -0.3 is 5.11 Å². The topological polar surface area (TPSA) is 50.2 Å². The Bertz CT molecular complexity index is 418. The number of hydrogen-bond acceptors (Lipinski definition) is 3. The molecule has 4 heteroatoms. The van der Waals surface area contributed by atoms with Crippen LogP contribution in [0.3, 0.4) is 0 Å². The van der Waals surface area contributed by atoms with Gasteiger partial charge in [-0.3, -0.25) is 4.79 Å². The second-order valence-electron chi connectivity index (χ2n) is 5.05. The molecular formula is C12H15NO2S. The Morgan fingerprint density at radius 1 is 1.56 bits per heavy atom. The van der Waals surface area contributed by atoms with E-state index in [1.165, 1.54) is 23.4 Å². The molecule has 0 aliphatic heterocycles.